The zero-order valence-corrected chi connectivity index (χ0v) is 20.4. The first-order valence-corrected chi connectivity index (χ1v) is 12.3. The lowest BCUT2D eigenvalue weighted by molar-refractivity contribution is -0.120. The van der Waals surface area contributed by atoms with Gasteiger partial charge in [0.1, 0.15) is 12.3 Å². The van der Waals surface area contributed by atoms with E-state index in [4.69, 9.17) is 16.3 Å². The van der Waals surface area contributed by atoms with E-state index in [0.717, 1.165) is 21.2 Å². The number of nitrogens with zero attached hydrogens (tertiary/aromatic N) is 1. The number of benzene rings is 3. The fourth-order valence-electron chi connectivity index (χ4n) is 3.55. The van der Waals surface area contributed by atoms with Crippen LogP contribution in [0.5, 0.6) is 5.75 Å². The molecule has 3 aromatic rings. The summed E-state index contributed by atoms with van der Waals surface area (Å²) in [6.45, 7) is 3.53. The second-order valence-corrected chi connectivity index (χ2v) is 9.86. The lowest BCUT2D eigenvalue weighted by Gasteiger charge is -2.26. The molecule has 0 aliphatic heterocycles. The third-order valence-electron chi connectivity index (χ3n) is 5.30. The van der Waals surface area contributed by atoms with Gasteiger partial charge in [-0.15, -0.1) is 0 Å². The summed E-state index contributed by atoms with van der Waals surface area (Å²) >= 11 is 5.99. The van der Waals surface area contributed by atoms with Gasteiger partial charge in [-0.3, -0.25) is 9.10 Å². The van der Waals surface area contributed by atoms with E-state index in [1.165, 1.54) is 12.1 Å². The van der Waals surface area contributed by atoms with Gasteiger partial charge in [0, 0.05) is 5.02 Å². The number of sulfonamides is 1. The molecule has 1 amide bonds. The first kappa shape index (κ1) is 24.6. The Morgan fingerprint density at radius 2 is 1.73 bits per heavy atom. The van der Waals surface area contributed by atoms with E-state index in [0.29, 0.717) is 17.1 Å². The van der Waals surface area contributed by atoms with Gasteiger partial charge in [-0.1, -0.05) is 48.9 Å². The molecular weight excluding hydrogens is 460 g/mol. The Bertz CT molecular complexity index is 1200. The molecular formula is C25H27ClN2O4S. The van der Waals surface area contributed by atoms with Gasteiger partial charge in [-0.05, 0) is 66.9 Å². The Kier molecular flexibility index (Phi) is 8.00. The van der Waals surface area contributed by atoms with Crippen LogP contribution in [0.15, 0.2) is 77.7 Å². The van der Waals surface area contributed by atoms with Crippen molar-refractivity contribution in [1.82, 2.24) is 5.32 Å². The van der Waals surface area contributed by atoms with E-state index in [-0.39, 0.29) is 17.5 Å². The van der Waals surface area contributed by atoms with Crippen molar-refractivity contribution in [3.8, 4) is 5.75 Å². The van der Waals surface area contributed by atoms with Gasteiger partial charge in [0.25, 0.3) is 10.0 Å². The molecule has 0 aromatic heterocycles. The molecule has 0 aliphatic rings. The van der Waals surface area contributed by atoms with Gasteiger partial charge in [-0.25, -0.2) is 8.42 Å². The van der Waals surface area contributed by atoms with Crippen LogP contribution in [0.4, 0.5) is 5.69 Å². The SMILES string of the molecule is CCC(NC(=O)CN(c1ccc(Cl)cc1)S(=O)(=O)c1ccccc1)c1ccc(OC)c(C)c1. The Hall–Kier alpha value is -3.03. The van der Waals surface area contributed by atoms with Crippen LogP contribution >= 0.6 is 11.6 Å². The standard InChI is InChI=1S/C25H27ClN2O4S/c1-4-23(19-10-15-24(32-3)18(2)16-19)27-25(29)17-28(21-13-11-20(26)12-14-21)33(30,31)22-8-6-5-7-9-22/h5-16,23H,4,17H2,1-3H3,(H,27,29). The predicted octanol–water partition coefficient (Wildman–Crippen LogP) is 5.12. The number of amides is 1. The minimum absolute atomic E-state index is 0.102. The highest BCUT2D eigenvalue weighted by Crippen LogP contribution is 2.27. The summed E-state index contributed by atoms with van der Waals surface area (Å²) in [5, 5.41) is 3.44. The van der Waals surface area contributed by atoms with Gasteiger partial charge in [0.2, 0.25) is 5.91 Å². The minimum atomic E-state index is -3.97. The third kappa shape index (κ3) is 5.86. The molecule has 0 fully saturated rings. The van der Waals surface area contributed by atoms with Crippen molar-refractivity contribution < 1.29 is 17.9 Å². The number of methoxy groups -OCH3 is 1. The number of anilines is 1. The van der Waals surface area contributed by atoms with Crippen LogP contribution in [0.3, 0.4) is 0 Å². The molecule has 0 bridgehead atoms. The van der Waals surface area contributed by atoms with Crippen molar-refractivity contribution in [2.45, 2.75) is 31.2 Å². The van der Waals surface area contributed by atoms with Crippen LogP contribution < -0.4 is 14.4 Å². The number of hydrogen-bond donors (Lipinski definition) is 1. The number of rotatable bonds is 9. The van der Waals surface area contributed by atoms with Crippen LogP contribution in [0, 0.1) is 6.92 Å². The molecule has 0 heterocycles. The van der Waals surface area contributed by atoms with Crippen LogP contribution in [0.2, 0.25) is 5.02 Å². The zero-order chi connectivity index (χ0) is 24.0. The summed E-state index contributed by atoms with van der Waals surface area (Å²) in [5.41, 5.74) is 2.23. The van der Waals surface area contributed by atoms with Crippen LogP contribution in [-0.4, -0.2) is 28.0 Å². The molecule has 0 saturated carbocycles. The van der Waals surface area contributed by atoms with Crippen molar-refractivity contribution in [3.05, 3.63) is 88.9 Å². The highest BCUT2D eigenvalue weighted by molar-refractivity contribution is 7.92. The number of halogens is 1. The first-order chi connectivity index (χ1) is 15.8. The number of nitrogens with one attached hydrogen (secondary N) is 1. The number of carbonyl (C=O) groups is 1. The first-order valence-electron chi connectivity index (χ1n) is 10.5. The van der Waals surface area contributed by atoms with Gasteiger partial charge in [-0.2, -0.15) is 0 Å². The molecule has 0 saturated heterocycles. The molecule has 3 rings (SSSR count). The fraction of sp³-hybridized carbons (Fsp3) is 0.240. The van der Waals surface area contributed by atoms with E-state index in [2.05, 4.69) is 5.32 Å². The van der Waals surface area contributed by atoms with Gasteiger partial charge in [0.15, 0.2) is 0 Å². The van der Waals surface area contributed by atoms with Crippen LogP contribution in [0.25, 0.3) is 0 Å². The lowest BCUT2D eigenvalue weighted by atomic mass is 10.0. The summed E-state index contributed by atoms with van der Waals surface area (Å²) in [6.07, 6.45) is 0.643. The molecule has 1 atom stereocenters. The van der Waals surface area contributed by atoms with E-state index >= 15 is 0 Å². The molecule has 8 heteroatoms. The molecule has 1 N–H and O–H groups in total. The quantitative estimate of drug-likeness (QED) is 0.455. The summed E-state index contributed by atoms with van der Waals surface area (Å²) in [5.74, 6) is 0.354. The largest absolute Gasteiger partial charge is 0.496 e. The van der Waals surface area contributed by atoms with Crippen molar-refractivity contribution in [2.75, 3.05) is 18.0 Å². The second-order valence-electron chi connectivity index (χ2n) is 7.56. The molecule has 0 aliphatic carbocycles. The molecule has 33 heavy (non-hydrogen) atoms. The number of aryl methyl sites for hydroxylation is 1. The lowest BCUT2D eigenvalue weighted by Crippen LogP contribution is -2.42. The van der Waals surface area contributed by atoms with Crippen molar-refractivity contribution in [3.63, 3.8) is 0 Å². The van der Waals surface area contributed by atoms with Crippen molar-refractivity contribution >= 4 is 33.2 Å². The van der Waals surface area contributed by atoms with E-state index in [9.17, 15) is 13.2 Å². The summed E-state index contributed by atoms with van der Waals surface area (Å²) in [6, 6.07) is 19.8. The van der Waals surface area contributed by atoms with Crippen LogP contribution in [-0.2, 0) is 14.8 Å². The van der Waals surface area contributed by atoms with Gasteiger partial charge in [0.05, 0.1) is 23.7 Å². The average molecular weight is 487 g/mol. The minimum Gasteiger partial charge on any atom is -0.496 e. The molecule has 174 valence electrons. The molecule has 3 aromatic carbocycles. The summed E-state index contributed by atoms with van der Waals surface area (Å²) in [4.78, 5) is 13.2. The Labute approximate surface area is 200 Å². The topological polar surface area (TPSA) is 75.7 Å². The average Bonchev–Trinajstić information content (AvgIpc) is 2.82. The summed E-state index contributed by atoms with van der Waals surface area (Å²) in [7, 11) is -2.36. The van der Waals surface area contributed by atoms with Gasteiger partial charge < -0.3 is 10.1 Å². The van der Waals surface area contributed by atoms with Crippen molar-refractivity contribution in [1.29, 1.82) is 0 Å². The monoisotopic (exact) mass is 486 g/mol. The maximum absolute atomic E-state index is 13.4. The second kappa shape index (κ2) is 10.7. The van der Waals surface area contributed by atoms with E-state index < -0.39 is 15.9 Å². The Balaban J connectivity index is 1.88. The smallest absolute Gasteiger partial charge is 0.264 e. The summed E-state index contributed by atoms with van der Waals surface area (Å²) < 4.78 is 33.2. The Morgan fingerprint density at radius 3 is 2.30 bits per heavy atom. The maximum Gasteiger partial charge on any atom is 0.264 e. The van der Waals surface area contributed by atoms with Gasteiger partial charge >= 0.3 is 0 Å². The molecule has 0 spiro atoms. The van der Waals surface area contributed by atoms with E-state index in [1.54, 1.807) is 49.6 Å². The third-order valence-corrected chi connectivity index (χ3v) is 7.34. The van der Waals surface area contributed by atoms with Crippen LogP contribution in [0.1, 0.15) is 30.5 Å². The fourth-order valence-corrected chi connectivity index (χ4v) is 5.12. The highest BCUT2D eigenvalue weighted by Gasteiger charge is 2.28. The van der Waals surface area contributed by atoms with E-state index in [1.807, 2.05) is 32.0 Å². The molecule has 1 unspecified atom stereocenters. The Morgan fingerprint density at radius 1 is 1.06 bits per heavy atom. The number of carbonyl (C=O) groups excluding carboxylic acids is 1. The normalized spacial score (nSPS) is 12.1. The predicted molar refractivity (Wildman–Crippen MR) is 131 cm³/mol. The highest BCUT2D eigenvalue weighted by atomic mass is 35.5. The number of hydrogen-bond acceptors (Lipinski definition) is 4. The van der Waals surface area contributed by atoms with Crippen molar-refractivity contribution in [2.24, 2.45) is 0 Å². The maximum atomic E-state index is 13.4. The molecule has 0 radical (unpaired) electrons. The molecule has 6 nitrogen and oxygen atoms in total. The number of ether oxygens (including phenoxy) is 1. The zero-order valence-electron chi connectivity index (χ0n) is 18.8.